The van der Waals surface area contributed by atoms with E-state index in [0.717, 1.165) is 16.3 Å². The number of nitrogens with zero attached hydrogens (tertiary/aromatic N) is 2. The fourth-order valence-corrected chi connectivity index (χ4v) is 3.59. The van der Waals surface area contributed by atoms with E-state index in [4.69, 9.17) is 0 Å². The maximum atomic E-state index is 12.9. The van der Waals surface area contributed by atoms with Crippen LogP contribution < -0.4 is 5.01 Å². The number of carbonyl (C=O) groups excluding carboxylic acids is 2. The van der Waals surface area contributed by atoms with Crippen LogP contribution in [0.4, 0.5) is 5.69 Å². The molecule has 1 aliphatic heterocycles. The molecule has 0 N–H and O–H groups in total. The van der Waals surface area contributed by atoms with E-state index in [0.29, 0.717) is 16.3 Å². The highest BCUT2D eigenvalue weighted by Gasteiger charge is 2.27. The summed E-state index contributed by atoms with van der Waals surface area (Å²) in [6.07, 6.45) is 0. The zero-order chi connectivity index (χ0) is 18.1. The molecule has 0 bridgehead atoms. The van der Waals surface area contributed by atoms with Crippen molar-refractivity contribution in [2.45, 2.75) is 6.92 Å². The lowest BCUT2D eigenvalue weighted by Crippen LogP contribution is -2.34. The molecule has 3 aromatic carbocycles. The number of amides is 1. The van der Waals surface area contributed by atoms with Crippen LogP contribution in [0, 0.1) is 6.92 Å². The molecule has 0 fully saturated rings. The summed E-state index contributed by atoms with van der Waals surface area (Å²) in [6, 6.07) is 21.0. The predicted octanol–water partition coefficient (Wildman–Crippen LogP) is 4.42. The highest BCUT2D eigenvalue weighted by Crippen LogP contribution is 2.25. The zero-order valence-electron chi connectivity index (χ0n) is 14.2. The molecule has 0 radical (unpaired) electrons. The Hall–Kier alpha value is -2.92. The Bertz CT molecular complexity index is 1040. The Morgan fingerprint density at radius 2 is 1.73 bits per heavy atom. The first kappa shape index (κ1) is 16.5. The highest BCUT2D eigenvalue weighted by molar-refractivity contribution is 8.16. The minimum absolute atomic E-state index is 0.131. The number of ketones is 1. The van der Waals surface area contributed by atoms with Gasteiger partial charge < -0.3 is 0 Å². The average Bonchev–Trinajstić information content (AvgIpc) is 2.68. The minimum Gasteiger partial charge on any atom is -0.286 e. The van der Waals surface area contributed by atoms with Gasteiger partial charge in [-0.05, 0) is 35.9 Å². The van der Waals surface area contributed by atoms with Gasteiger partial charge >= 0.3 is 0 Å². The molecule has 0 saturated heterocycles. The number of Topliss-reactive ketones (excluding diaryl/α,β-unsaturated/α-hetero) is 1. The van der Waals surface area contributed by atoms with Crippen LogP contribution in [0.15, 0.2) is 71.8 Å². The molecule has 4 rings (SSSR count). The van der Waals surface area contributed by atoms with Crippen molar-refractivity contribution in [2.75, 3.05) is 10.8 Å². The van der Waals surface area contributed by atoms with Gasteiger partial charge in [-0.2, -0.15) is 10.1 Å². The van der Waals surface area contributed by atoms with Crippen LogP contribution in [0.2, 0.25) is 0 Å². The highest BCUT2D eigenvalue weighted by atomic mass is 32.2. The van der Waals surface area contributed by atoms with Crippen molar-refractivity contribution in [3.8, 4) is 0 Å². The summed E-state index contributed by atoms with van der Waals surface area (Å²) >= 11 is 1.19. The number of fused-ring (bicyclic) bond motifs is 1. The van der Waals surface area contributed by atoms with Crippen molar-refractivity contribution in [3.05, 3.63) is 77.9 Å². The van der Waals surface area contributed by atoms with Gasteiger partial charge in [0.05, 0.1) is 11.4 Å². The summed E-state index contributed by atoms with van der Waals surface area (Å²) in [6.45, 7) is 1.98. The predicted molar refractivity (Wildman–Crippen MR) is 107 cm³/mol. The van der Waals surface area contributed by atoms with Crippen molar-refractivity contribution in [3.63, 3.8) is 0 Å². The number of aryl methyl sites for hydroxylation is 1. The molecular formula is C21H16N2O2S. The van der Waals surface area contributed by atoms with Crippen LogP contribution in [0.1, 0.15) is 15.9 Å². The summed E-state index contributed by atoms with van der Waals surface area (Å²) in [5.41, 5.74) is 2.35. The maximum Gasteiger partial charge on any atom is 0.257 e. The van der Waals surface area contributed by atoms with E-state index in [1.165, 1.54) is 16.8 Å². The second-order valence-electron chi connectivity index (χ2n) is 6.13. The SMILES string of the molecule is Cc1ccc(N2N=C(C(=O)c3ccc4ccccc4c3)SCC2=O)cc1. The molecule has 5 heteroatoms. The number of hydrazone groups is 1. The monoisotopic (exact) mass is 360 g/mol. The third kappa shape index (κ3) is 3.13. The molecule has 0 spiro atoms. The van der Waals surface area contributed by atoms with Gasteiger partial charge in [0.25, 0.3) is 5.91 Å². The van der Waals surface area contributed by atoms with Crippen LogP contribution in [-0.2, 0) is 4.79 Å². The van der Waals surface area contributed by atoms with Gasteiger partial charge in [0.2, 0.25) is 5.78 Å². The van der Waals surface area contributed by atoms with Crippen LogP contribution >= 0.6 is 11.8 Å². The molecule has 0 aliphatic carbocycles. The summed E-state index contributed by atoms with van der Waals surface area (Å²) in [7, 11) is 0. The number of anilines is 1. The van der Waals surface area contributed by atoms with Crippen molar-refractivity contribution >= 4 is 45.0 Å². The number of carbonyl (C=O) groups is 2. The third-order valence-electron chi connectivity index (χ3n) is 4.24. The van der Waals surface area contributed by atoms with E-state index in [9.17, 15) is 9.59 Å². The summed E-state index contributed by atoms with van der Waals surface area (Å²) in [5.74, 6) is -0.0919. The molecule has 3 aromatic rings. The standard InChI is InChI=1S/C21H16N2O2S/c1-14-6-10-18(11-7-14)23-19(24)13-26-21(22-23)20(25)17-9-8-15-4-2-3-5-16(15)12-17/h2-12H,13H2,1H3. The first-order valence-electron chi connectivity index (χ1n) is 8.26. The largest absolute Gasteiger partial charge is 0.286 e. The van der Waals surface area contributed by atoms with Gasteiger partial charge in [-0.25, -0.2) is 0 Å². The fourth-order valence-electron chi connectivity index (χ4n) is 2.82. The molecule has 0 aromatic heterocycles. The van der Waals surface area contributed by atoms with Crippen molar-refractivity contribution in [1.82, 2.24) is 0 Å². The summed E-state index contributed by atoms with van der Waals surface area (Å²) < 4.78 is 0. The van der Waals surface area contributed by atoms with Crippen LogP contribution in [0.5, 0.6) is 0 Å². The maximum absolute atomic E-state index is 12.9. The van der Waals surface area contributed by atoms with Crippen molar-refractivity contribution in [2.24, 2.45) is 5.10 Å². The molecule has 26 heavy (non-hydrogen) atoms. The molecule has 0 atom stereocenters. The molecule has 1 heterocycles. The van der Waals surface area contributed by atoms with E-state index in [1.807, 2.05) is 67.6 Å². The fraction of sp³-hybridized carbons (Fsp3) is 0.0952. The van der Waals surface area contributed by atoms with Crippen LogP contribution in [0.3, 0.4) is 0 Å². The van der Waals surface area contributed by atoms with Gasteiger partial charge in [-0.15, -0.1) is 0 Å². The molecule has 4 nitrogen and oxygen atoms in total. The van der Waals surface area contributed by atoms with Gasteiger partial charge in [-0.1, -0.05) is 65.9 Å². The first-order chi connectivity index (χ1) is 12.6. The number of hydrogen-bond donors (Lipinski definition) is 0. The molecule has 1 aliphatic rings. The Morgan fingerprint density at radius 1 is 1.00 bits per heavy atom. The molecule has 0 unspecified atom stereocenters. The second-order valence-corrected chi connectivity index (χ2v) is 7.09. The Balaban J connectivity index is 1.68. The van der Waals surface area contributed by atoms with Crippen LogP contribution in [-0.4, -0.2) is 22.5 Å². The summed E-state index contributed by atoms with van der Waals surface area (Å²) in [5, 5.41) is 8.08. The number of thioether (sulfide) groups is 1. The number of rotatable bonds is 3. The molecule has 1 amide bonds. The van der Waals surface area contributed by atoms with Gasteiger partial charge in [0.1, 0.15) is 0 Å². The Morgan fingerprint density at radius 3 is 2.50 bits per heavy atom. The molecule has 0 saturated carbocycles. The molecular weight excluding hydrogens is 344 g/mol. The van der Waals surface area contributed by atoms with E-state index < -0.39 is 0 Å². The third-order valence-corrected chi connectivity index (χ3v) is 5.18. The topological polar surface area (TPSA) is 49.7 Å². The number of hydrogen-bond acceptors (Lipinski definition) is 4. The lowest BCUT2D eigenvalue weighted by molar-refractivity contribution is -0.116. The van der Waals surface area contributed by atoms with E-state index in [2.05, 4.69) is 5.10 Å². The average molecular weight is 360 g/mol. The quantitative estimate of drug-likeness (QED) is 0.650. The van der Waals surface area contributed by atoms with E-state index in [-0.39, 0.29) is 17.4 Å². The molecule has 128 valence electrons. The van der Waals surface area contributed by atoms with Gasteiger partial charge in [0, 0.05) is 5.56 Å². The lowest BCUT2D eigenvalue weighted by Gasteiger charge is -2.22. The second kappa shape index (κ2) is 6.77. The van der Waals surface area contributed by atoms with Crippen molar-refractivity contribution < 1.29 is 9.59 Å². The van der Waals surface area contributed by atoms with E-state index >= 15 is 0 Å². The van der Waals surface area contributed by atoms with Gasteiger partial charge in [0.15, 0.2) is 5.04 Å². The van der Waals surface area contributed by atoms with E-state index in [1.54, 1.807) is 6.07 Å². The number of benzene rings is 3. The Labute approximate surface area is 155 Å². The zero-order valence-corrected chi connectivity index (χ0v) is 15.0. The Kier molecular flexibility index (Phi) is 4.31. The van der Waals surface area contributed by atoms with Crippen molar-refractivity contribution in [1.29, 1.82) is 0 Å². The van der Waals surface area contributed by atoms with Gasteiger partial charge in [-0.3, -0.25) is 9.59 Å². The summed E-state index contributed by atoms with van der Waals surface area (Å²) in [4.78, 5) is 25.1. The van der Waals surface area contributed by atoms with Crippen LogP contribution in [0.25, 0.3) is 10.8 Å². The minimum atomic E-state index is -0.162. The smallest absolute Gasteiger partial charge is 0.257 e. The first-order valence-corrected chi connectivity index (χ1v) is 9.25. The lowest BCUT2D eigenvalue weighted by atomic mass is 10.0. The normalized spacial score (nSPS) is 14.4.